The third kappa shape index (κ3) is 62.7. The summed E-state index contributed by atoms with van der Waals surface area (Å²) in [4.78, 5) is 38.2. The van der Waals surface area contributed by atoms with Crippen molar-refractivity contribution in [1.29, 1.82) is 0 Å². The lowest BCUT2D eigenvalue weighted by Crippen LogP contribution is -2.30. The van der Waals surface area contributed by atoms with E-state index in [4.69, 9.17) is 14.2 Å². The van der Waals surface area contributed by atoms with Gasteiger partial charge in [0.25, 0.3) is 0 Å². The van der Waals surface area contributed by atoms with Crippen molar-refractivity contribution >= 4 is 17.9 Å². The first kappa shape index (κ1) is 73.0. The molecule has 79 heavy (non-hydrogen) atoms. The van der Waals surface area contributed by atoms with Crippen molar-refractivity contribution in [2.75, 3.05) is 13.2 Å². The lowest BCUT2D eigenvalue weighted by molar-refractivity contribution is -0.166. The first-order chi connectivity index (χ1) is 39.0. The molecule has 0 aliphatic heterocycles. The van der Waals surface area contributed by atoms with Crippen LogP contribution in [0.1, 0.15) is 213 Å². The van der Waals surface area contributed by atoms with Gasteiger partial charge in [-0.1, -0.05) is 247 Å². The molecule has 0 spiro atoms. The number of hydrogen-bond donors (Lipinski definition) is 0. The van der Waals surface area contributed by atoms with E-state index in [0.717, 1.165) is 167 Å². The van der Waals surface area contributed by atoms with E-state index in [9.17, 15) is 14.4 Å². The summed E-state index contributed by atoms with van der Waals surface area (Å²) in [6.45, 7) is 6.16. The fourth-order valence-electron chi connectivity index (χ4n) is 7.32. The van der Waals surface area contributed by atoms with Crippen LogP contribution in [0.4, 0.5) is 0 Å². The molecule has 0 aromatic carbocycles. The quantitative estimate of drug-likeness (QED) is 0.0261. The van der Waals surface area contributed by atoms with Crippen LogP contribution in [0.15, 0.2) is 207 Å². The van der Waals surface area contributed by atoms with Gasteiger partial charge in [-0.15, -0.1) is 0 Å². The van der Waals surface area contributed by atoms with E-state index >= 15 is 0 Å². The van der Waals surface area contributed by atoms with Crippen LogP contribution in [0, 0.1) is 0 Å². The molecule has 1 unspecified atom stereocenters. The van der Waals surface area contributed by atoms with Gasteiger partial charge in [-0.25, -0.2) is 0 Å². The molecule has 0 aromatic heterocycles. The number of rotatable bonds is 52. The van der Waals surface area contributed by atoms with E-state index in [0.29, 0.717) is 19.3 Å². The molecule has 0 amide bonds. The Morgan fingerprint density at radius 1 is 0.253 bits per heavy atom. The summed E-state index contributed by atoms with van der Waals surface area (Å²) < 4.78 is 16.7. The zero-order valence-corrected chi connectivity index (χ0v) is 49.8. The number of carbonyl (C=O) groups is 3. The zero-order valence-electron chi connectivity index (χ0n) is 49.8. The fourth-order valence-corrected chi connectivity index (χ4v) is 7.32. The first-order valence-electron chi connectivity index (χ1n) is 30.6. The minimum Gasteiger partial charge on any atom is -0.462 e. The fraction of sp³-hybridized carbons (Fsp3) is 0.493. The Bertz CT molecular complexity index is 1960. The summed E-state index contributed by atoms with van der Waals surface area (Å²) >= 11 is 0. The summed E-state index contributed by atoms with van der Waals surface area (Å²) in [6, 6.07) is 0. The van der Waals surface area contributed by atoms with Crippen LogP contribution in [-0.4, -0.2) is 37.2 Å². The molecule has 436 valence electrons. The van der Waals surface area contributed by atoms with Gasteiger partial charge in [0, 0.05) is 19.3 Å². The number of ether oxygens (including phenoxy) is 3. The van der Waals surface area contributed by atoms with E-state index < -0.39 is 12.1 Å². The standard InChI is InChI=1S/C73H108O6/c1-4-7-10-13-16-19-22-25-27-29-31-32-33-34-35-36-37-38-39-40-42-43-45-48-51-54-57-60-63-66-72(75)78-69-70(68-77-71(74)65-62-59-56-53-50-47-24-21-18-15-12-9-6-3)79-73(76)67-64-61-58-55-52-49-46-44-41-30-28-26-23-20-17-14-11-8-5-2/h7-12,16-21,25-28,31-32,34-35,37-38,40-42,44-45,47-50,52,58,61,70H,4-6,13-15,22-24,29-30,33,36,39,43,46,51,53-57,59-60,62-69H2,1-3H3/b10-7-,11-8-,12-9-,19-16-,20-17-,21-18-,27-25-,28-26-,32-31-,35-34-,38-37-,42-40-,44-41-,48-45-,50-47-,52-49-,61-58-. The normalized spacial score (nSPS) is 13.6. The largest absolute Gasteiger partial charge is 0.462 e. The van der Waals surface area contributed by atoms with Gasteiger partial charge in [-0.2, -0.15) is 0 Å². The maximum Gasteiger partial charge on any atom is 0.306 e. The second-order valence-corrected chi connectivity index (χ2v) is 19.1. The number of unbranched alkanes of at least 4 members (excludes halogenated alkanes) is 7. The Morgan fingerprint density at radius 2 is 0.481 bits per heavy atom. The van der Waals surface area contributed by atoms with Gasteiger partial charge in [0.15, 0.2) is 6.10 Å². The average Bonchev–Trinajstić information content (AvgIpc) is 3.45. The molecular weight excluding hydrogens is 973 g/mol. The molecule has 1 atom stereocenters. The number of hydrogen-bond acceptors (Lipinski definition) is 6. The van der Waals surface area contributed by atoms with Crippen molar-refractivity contribution in [2.24, 2.45) is 0 Å². The van der Waals surface area contributed by atoms with Gasteiger partial charge in [0.2, 0.25) is 0 Å². The van der Waals surface area contributed by atoms with Gasteiger partial charge < -0.3 is 14.2 Å². The van der Waals surface area contributed by atoms with Crippen LogP contribution in [0.5, 0.6) is 0 Å². The van der Waals surface area contributed by atoms with Crippen molar-refractivity contribution in [3.8, 4) is 0 Å². The molecule has 6 heteroatoms. The third-order valence-corrected chi connectivity index (χ3v) is 11.8. The van der Waals surface area contributed by atoms with Crippen molar-refractivity contribution in [1.82, 2.24) is 0 Å². The molecule has 0 saturated heterocycles. The van der Waals surface area contributed by atoms with Gasteiger partial charge in [-0.3, -0.25) is 14.4 Å². The lowest BCUT2D eigenvalue weighted by atomic mass is 10.1. The van der Waals surface area contributed by atoms with Crippen LogP contribution in [-0.2, 0) is 28.6 Å². The maximum atomic E-state index is 12.8. The molecule has 0 fully saturated rings. The summed E-state index contributed by atoms with van der Waals surface area (Å²) in [6.07, 6.45) is 99.8. The predicted molar refractivity (Wildman–Crippen MR) is 343 cm³/mol. The monoisotopic (exact) mass is 1080 g/mol. The molecule has 0 aliphatic carbocycles. The van der Waals surface area contributed by atoms with Crippen molar-refractivity contribution in [3.05, 3.63) is 207 Å². The Kier molecular flexibility index (Phi) is 59.6. The molecule has 0 saturated carbocycles. The van der Waals surface area contributed by atoms with E-state index in [1.807, 2.05) is 12.2 Å². The van der Waals surface area contributed by atoms with Gasteiger partial charge in [0.1, 0.15) is 13.2 Å². The molecule has 6 nitrogen and oxygen atoms in total. The average molecular weight is 1080 g/mol. The van der Waals surface area contributed by atoms with E-state index in [1.54, 1.807) is 0 Å². The number of allylic oxidation sites excluding steroid dienone is 34. The van der Waals surface area contributed by atoms with Gasteiger partial charge in [-0.05, 0) is 154 Å². The van der Waals surface area contributed by atoms with E-state index in [1.165, 1.54) is 0 Å². The van der Waals surface area contributed by atoms with Gasteiger partial charge >= 0.3 is 17.9 Å². The molecule has 0 N–H and O–H groups in total. The highest BCUT2D eigenvalue weighted by Gasteiger charge is 2.19. The molecule has 0 rings (SSSR count). The molecule has 0 bridgehead atoms. The Hall–Kier alpha value is -6.01. The van der Waals surface area contributed by atoms with Crippen molar-refractivity contribution in [3.63, 3.8) is 0 Å². The molecule has 0 aromatic rings. The zero-order chi connectivity index (χ0) is 57.1. The summed E-state index contributed by atoms with van der Waals surface area (Å²) in [5, 5.41) is 0. The van der Waals surface area contributed by atoms with Crippen LogP contribution in [0.25, 0.3) is 0 Å². The summed E-state index contributed by atoms with van der Waals surface area (Å²) in [5.74, 6) is -1.10. The maximum absolute atomic E-state index is 12.8. The number of carbonyl (C=O) groups excluding carboxylic acids is 3. The lowest BCUT2D eigenvalue weighted by Gasteiger charge is -2.18. The van der Waals surface area contributed by atoms with Crippen molar-refractivity contribution in [2.45, 2.75) is 219 Å². The van der Waals surface area contributed by atoms with Gasteiger partial charge in [0.05, 0.1) is 0 Å². The number of esters is 3. The summed E-state index contributed by atoms with van der Waals surface area (Å²) in [7, 11) is 0. The minimum atomic E-state index is -0.856. The summed E-state index contributed by atoms with van der Waals surface area (Å²) in [5.41, 5.74) is 0. The van der Waals surface area contributed by atoms with Crippen LogP contribution < -0.4 is 0 Å². The third-order valence-electron chi connectivity index (χ3n) is 11.8. The highest BCUT2D eigenvalue weighted by Crippen LogP contribution is 2.11. The van der Waals surface area contributed by atoms with Crippen molar-refractivity contribution < 1.29 is 28.6 Å². The smallest absolute Gasteiger partial charge is 0.306 e. The molecular formula is C73H108O6. The Balaban J connectivity index is 4.54. The highest BCUT2D eigenvalue weighted by atomic mass is 16.6. The molecule has 0 aliphatic rings. The first-order valence-corrected chi connectivity index (χ1v) is 30.6. The Morgan fingerprint density at radius 3 is 0.759 bits per heavy atom. The molecule has 0 radical (unpaired) electrons. The Labute approximate surface area is 483 Å². The van der Waals surface area contributed by atoms with Crippen LogP contribution >= 0.6 is 0 Å². The van der Waals surface area contributed by atoms with E-state index in [2.05, 4.69) is 215 Å². The SMILES string of the molecule is CC/C=C\C/C=C\C/C=C\C/C=C\C/C=C\C/C=C\C/C=C\C/C=C\CCCCCCC(=O)OCC(COC(=O)CCCCC/C=C\C/C=C\C/C=C\CC)OC(=O)CC/C=C\C/C=C\C/C=C\C/C=C\C/C=C\C/C=C\CC. The second kappa shape index (κ2) is 64.5. The second-order valence-electron chi connectivity index (χ2n) is 19.1. The van der Waals surface area contributed by atoms with E-state index in [-0.39, 0.29) is 31.6 Å². The predicted octanol–water partition coefficient (Wildman–Crippen LogP) is 21.2. The highest BCUT2D eigenvalue weighted by molar-refractivity contribution is 5.71. The minimum absolute atomic E-state index is 0.143. The topological polar surface area (TPSA) is 78.9 Å². The van der Waals surface area contributed by atoms with Crippen LogP contribution in [0.3, 0.4) is 0 Å². The van der Waals surface area contributed by atoms with Crippen LogP contribution in [0.2, 0.25) is 0 Å². The molecule has 0 heterocycles.